The van der Waals surface area contributed by atoms with Gasteiger partial charge in [-0.05, 0) is 64.0 Å². The van der Waals surface area contributed by atoms with Crippen LogP contribution in [0.2, 0.25) is 0 Å². The molecule has 20 heavy (non-hydrogen) atoms. The van der Waals surface area contributed by atoms with Gasteiger partial charge in [-0.2, -0.15) is 0 Å². The Morgan fingerprint density at radius 2 is 2.15 bits per heavy atom. The van der Waals surface area contributed by atoms with Gasteiger partial charge in [0, 0.05) is 21.9 Å². The van der Waals surface area contributed by atoms with Crippen molar-refractivity contribution in [3.63, 3.8) is 0 Å². The Kier molecular flexibility index (Phi) is 4.00. The largest absolute Gasteiger partial charge is 0.299 e. The van der Waals surface area contributed by atoms with Crippen LogP contribution in [0.3, 0.4) is 0 Å². The minimum Gasteiger partial charge on any atom is -0.299 e. The number of hydrogen-bond acceptors (Lipinski definition) is 3. The second kappa shape index (κ2) is 5.61. The van der Waals surface area contributed by atoms with Gasteiger partial charge in [-0.15, -0.1) is 11.3 Å². The molecule has 3 rings (SSSR count). The predicted molar refractivity (Wildman–Crippen MR) is 84.6 cm³/mol. The maximum Gasteiger partial charge on any atom is 0.177 e. The smallest absolute Gasteiger partial charge is 0.177 e. The van der Waals surface area contributed by atoms with Crippen LogP contribution in [0.1, 0.15) is 45.8 Å². The van der Waals surface area contributed by atoms with E-state index in [4.69, 9.17) is 0 Å². The molecule has 110 valence electrons. The normalized spacial score (nSPS) is 28.5. The Morgan fingerprint density at radius 3 is 2.70 bits per heavy atom. The third kappa shape index (κ3) is 2.84. The van der Waals surface area contributed by atoms with Gasteiger partial charge in [0.2, 0.25) is 0 Å². The first-order valence-corrected chi connectivity index (χ1v) is 8.63. The number of hydrogen-bond donors (Lipinski definition) is 0. The third-order valence-corrected chi connectivity index (χ3v) is 6.15. The highest BCUT2D eigenvalue weighted by Crippen LogP contribution is 2.48. The molecular weight excluding hydrogens is 266 g/mol. The molecule has 2 aliphatic rings. The Balaban J connectivity index is 1.55. The molecule has 1 aromatic heterocycles. The zero-order valence-electron chi connectivity index (χ0n) is 12.8. The fourth-order valence-corrected chi connectivity index (χ4v) is 5.25. The number of nitrogens with zero attached hydrogens (tertiary/aromatic N) is 1. The summed E-state index contributed by atoms with van der Waals surface area (Å²) in [6, 6.07) is 2.05. The van der Waals surface area contributed by atoms with Crippen molar-refractivity contribution in [2.45, 2.75) is 39.5 Å². The third-order valence-electron chi connectivity index (χ3n) is 5.19. The van der Waals surface area contributed by atoms with Crippen molar-refractivity contribution in [2.24, 2.45) is 17.8 Å². The lowest BCUT2D eigenvalue weighted by Gasteiger charge is -2.26. The van der Waals surface area contributed by atoms with Crippen molar-refractivity contribution in [3.8, 4) is 0 Å². The summed E-state index contributed by atoms with van der Waals surface area (Å²) in [7, 11) is 2.11. The zero-order chi connectivity index (χ0) is 14.3. The zero-order valence-corrected chi connectivity index (χ0v) is 13.6. The van der Waals surface area contributed by atoms with E-state index in [0.29, 0.717) is 6.54 Å². The first kappa shape index (κ1) is 14.3. The number of rotatable bonds is 5. The molecule has 2 saturated carbocycles. The van der Waals surface area contributed by atoms with Gasteiger partial charge in [0.05, 0.1) is 6.54 Å². The standard InChI is InChI=1S/C17H25NOS/c1-11-6-16(12(2)20-11)17(19)10-18(3)9-15-8-13-4-5-14(15)7-13/h6,13-15H,4-5,7-10H2,1-3H3. The Morgan fingerprint density at radius 1 is 1.35 bits per heavy atom. The number of thiophene rings is 1. The molecule has 2 aliphatic carbocycles. The lowest BCUT2D eigenvalue weighted by Crippen LogP contribution is -2.32. The van der Waals surface area contributed by atoms with E-state index in [9.17, 15) is 4.79 Å². The number of fused-ring (bicyclic) bond motifs is 2. The molecule has 2 nitrogen and oxygen atoms in total. The topological polar surface area (TPSA) is 20.3 Å². The molecule has 0 amide bonds. The van der Waals surface area contributed by atoms with Gasteiger partial charge < -0.3 is 0 Å². The van der Waals surface area contributed by atoms with Crippen molar-refractivity contribution in [1.29, 1.82) is 0 Å². The molecule has 0 radical (unpaired) electrons. The molecule has 0 saturated heterocycles. The summed E-state index contributed by atoms with van der Waals surface area (Å²) in [6.45, 7) is 5.81. The van der Waals surface area contributed by atoms with Gasteiger partial charge in [-0.25, -0.2) is 0 Å². The van der Waals surface area contributed by atoms with Crippen molar-refractivity contribution < 1.29 is 4.79 Å². The van der Waals surface area contributed by atoms with Gasteiger partial charge in [0.15, 0.2) is 5.78 Å². The minimum atomic E-state index is 0.289. The number of likely N-dealkylation sites (N-methyl/N-ethyl adjacent to an activating group) is 1. The van der Waals surface area contributed by atoms with Crippen LogP contribution in [-0.2, 0) is 0 Å². The quantitative estimate of drug-likeness (QED) is 0.766. The van der Waals surface area contributed by atoms with Gasteiger partial charge in [0.1, 0.15) is 0 Å². The van der Waals surface area contributed by atoms with Crippen molar-refractivity contribution in [1.82, 2.24) is 4.90 Å². The van der Waals surface area contributed by atoms with E-state index in [-0.39, 0.29) is 5.78 Å². The number of carbonyl (C=O) groups excluding carboxylic acids is 1. The summed E-state index contributed by atoms with van der Waals surface area (Å²) in [6.07, 6.45) is 5.74. The lowest BCUT2D eigenvalue weighted by molar-refractivity contribution is 0.0929. The molecule has 3 heteroatoms. The lowest BCUT2D eigenvalue weighted by atomic mass is 9.88. The molecule has 1 aromatic rings. The van der Waals surface area contributed by atoms with Crippen LogP contribution in [-0.4, -0.2) is 30.8 Å². The summed E-state index contributed by atoms with van der Waals surface area (Å²) in [5.41, 5.74) is 0.937. The molecular formula is C17H25NOS. The first-order valence-electron chi connectivity index (χ1n) is 7.81. The summed E-state index contributed by atoms with van der Waals surface area (Å²) >= 11 is 1.73. The predicted octanol–water partition coefficient (Wildman–Crippen LogP) is 3.92. The highest BCUT2D eigenvalue weighted by Gasteiger charge is 2.39. The van der Waals surface area contributed by atoms with E-state index in [0.717, 1.165) is 29.9 Å². The van der Waals surface area contributed by atoms with E-state index in [2.05, 4.69) is 25.8 Å². The second-order valence-electron chi connectivity index (χ2n) is 6.88. The van der Waals surface area contributed by atoms with Crippen molar-refractivity contribution >= 4 is 17.1 Å². The summed E-state index contributed by atoms with van der Waals surface area (Å²) in [5, 5.41) is 0. The van der Waals surface area contributed by atoms with E-state index in [1.165, 1.54) is 35.4 Å². The highest BCUT2D eigenvalue weighted by molar-refractivity contribution is 7.12. The van der Waals surface area contributed by atoms with Crippen LogP contribution in [0.5, 0.6) is 0 Å². The maximum absolute atomic E-state index is 12.4. The molecule has 2 bridgehead atoms. The molecule has 3 atom stereocenters. The monoisotopic (exact) mass is 291 g/mol. The van der Waals surface area contributed by atoms with Crippen LogP contribution in [0.4, 0.5) is 0 Å². The van der Waals surface area contributed by atoms with E-state index in [1.807, 2.05) is 6.07 Å². The van der Waals surface area contributed by atoms with Crippen LogP contribution < -0.4 is 0 Å². The second-order valence-corrected chi connectivity index (χ2v) is 8.34. The van der Waals surface area contributed by atoms with Gasteiger partial charge in [-0.1, -0.05) is 6.42 Å². The van der Waals surface area contributed by atoms with E-state index < -0.39 is 0 Å². The summed E-state index contributed by atoms with van der Waals surface area (Å²) in [4.78, 5) is 17.0. The Labute approximate surface area is 126 Å². The molecule has 0 aromatic carbocycles. The molecule has 0 aliphatic heterocycles. The molecule has 2 fully saturated rings. The number of carbonyl (C=O) groups is 1. The maximum atomic E-state index is 12.4. The Hall–Kier alpha value is -0.670. The summed E-state index contributed by atoms with van der Waals surface area (Å²) in [5.74, 6) is 3.08. The van der Waals surface area contributed by atoms with E-state index in [1.54, 1.807) is 11.3 Å². The van der Waals surface area contributed by atoms with Crippen LogP contribution in [0.25, 0.3) is 0 Å². The van der Waals surface area contributed by atoms with E-state index >= 15 is 0 Å². The van der Waals surface area contributed by atoms with Gasteiger partial charge >= 0.3 is 0 Å². The fraction of sp³-hybridized carbons (Fsp3) is 0.706. The fourth-order valence-electron chi connectivity index (χ4n) is 4.30. The highest BCUT2D eigenvalue weighted by atomic mass is 32.1. The van der Waals surface area contributed by atoms with Crippen LogP contribution in [0, 0.1) is 31.6 Å². The number of aryl methyl sites for hydroxylation is 2. The van der Waals surface area contributed by atoms with Gasteiger partial charge in [-0.3, -0.25) is 9.69 Å². The molecule has 1 heterocycles. The minimum absolute atomic E-state index is 0.289. The van der Waals surface area contributed by atoms with Crippen LogP contribution in [0.15, 0.2) is 6.07 Å². The van der Waals surface area contributed by atoms with Crippen molar-refractivity contribution in [3.05, 3.63) is 21.4 Å². The molecule has 0 spiro atoms. The average molecular weight is 291 g/mol. The van der Waals surface area contributed by atoms with Crippen LogP contribution >= 0.6 is 11.3 Å². The van der Waals surface area contributed by atoms with Crippen molar-refractivity contribution in [2.75, 3.05) is 20.1 Å². The average Bonchev–Trinajstić information content (AvgIpc) is 3.04. The number of ketones is 1. The Bertz CT molecular complexity index is 507. The summed E-state index contributed by atoms with van der Waals surface area (Å²) < 4.78 is 0. The number of Topliss-reactive ketones (excluding diaryl/α,β-unsaturated/α-hetero) is 1. The first-order chi connectivity index (χ1) is 9.52. The molecule has 3 unspecified atom stereocenters. The molecule has 0 N–H and O–H groups in total. The van der Waals surface area contributed by atoms with Gasteiger partial charge in [0.25, 0.3) is 0 Å². The SMILES string of the molecule is Cc1cc(C(=O)CN(C)CC2CC3CCC2C3)c(C)s1.